The van der Waals surface area contributed by atoms with Gasteiger partial charge in [0, 0.05) is 11.8 Å². The zero-order valence-electron chi connectivity index (χ0n) is 21.4. The summed E-state index contributed by atoms with van der Waals surface area (Å²) < 4.78 is 0. The van der Waals surface area contributed by atoms with E-state index in [0.29, 0.717) is 23.7 Å². The van der Waals surface area contributed by atoms with Crippen molar-refractivity contribution < 1.29 is 20.1 Å². The fourth-order valence-electron chi connectivity index (χ4n) is 10.7. The van der Waals surface area contributed by atoms with Gasteiger partial charge in [-0.1, -0.05) is 48.0 Å². The molecular formula is C28H48O4. The summed E-state index contributed by atoms with van der Waals surface area (Å²) in [5, 5.41) is 32.0. The molecule has 3 unspecified atom stereocenters. The zero-order chi connectivity index (χ0) is 23.7. The molecule has 0 amide bonds. The molecule has 0 aromatic heterocycles. The third-order valence-corrected chi connectivity index (χ3v) is 12.4. The molecule has 4 aliphatic rings. The maximum absolute atomic E-state index is 12.1. The second-order valence-corrected chi connectivity index (χ2v) is 13.3. The van der Waals surface area contributed by atoms with Crippen molar-refractivity contribution in [2.75, 3.05) is 0 Å². The first-order valence-electron chi connectivity index (χ1n) is 13.4. The van der Waals surface area contributed by atoms with Crippen molar-refractivity contribution in [2.24, 2.45) is 51.2 Å². The highest BCUT2D eigenvalue weighted by molar-refractivity contribution is 5.66. The zero-order valence-corrected chi connectivity index (χ0v) is 21.4. The lowest BCUT2D eigenvalue weighted by Crippen LogP contribution is -2.70. The van der Waals surface area contributed by atoms with Gasteiger partial charge in [0.2, 0.25) is 0 Å². The first kappa shape index (κ1) is 24.5. The molecule has 0 heterocycles. The maximum atomic E-state index is 12.1. The van der Waals surface area contributed by atoms with Crippen LogP contribution in [0.1, 0.15) is 106 Å². The van der Waals surface area contributed by atoms with Gasteiger partial charge in [-0.2, -0.15) is 0 Å². The summed E-state index contributed by atoms with van der Waals surface area (Å²) in [5.74, 6) is 1.46. The first-order valence-corrected chi connectivity index (χ1v) is 13.4. The van der Waals surface area contributed by atoms with E-state index in [-0.39, 0.29) is 46.2 Å². The lowest BCUT2D eigenvalue weighted by Gasteiger charge is -2.73. The standard InChI is InChI=1S/C28H48O4/c1-7-19-24(32)28(6)21-10-9-20(17(2)8-11-23(30)31)25(21,3)14-13-22(28)26(4)15-12-18(29)16-27(19,26)5/h17-22,24,29,32H,7-16H2,1-6H3,(H,30,31)/t17-,18-,19-,20?,21?,22?,24-,25-,26-,27+,28+/m1/s1. The molecule has 4 aliphatic carbocycles. The number of hydrogen-bond donors (Lipinski definition) is 3. The Morgan fingerprint density at radius 2 is 1.66 bits per heavy atom. The highest BCUT2D eigenvalue weighted by Crippen LogP contribution is 2.76. The molecule has 184 valence electrons. The summed E-state index contributed by atoms with van der Waals surface area (Å²) in [6.45, 7) is 14.3. The second-order valence-electron chi connectivity index (χ2n) is 13.3. The van der Waals surface area contributed by atoms with E-state index >= 15 is 0 Å². The molecule has 32 heavy (non-hydrogen) atoms. The molecule has 0 spiro atoms. The van der Waals surface area contributed by atoms with Crippen molar-refractivity contribution >= 4 is 5.97 Å². The van der Waals surface area contributed by atoms with Gasteiger partial charge in [0.1, 0.15) is 0 Å². The monoisotopic (exact) mass is 448 g/mol. The maximum Gasteiger partial charge on any atom is 0.303 e. The number of aliphatic carboxylic acids is 1. The average Bonchev–Trinajstić information content (AvgIpc) is 3.07. The number of aliphatic hydroxyl groups excluding tert-OH is 2. The van der Waals surface area contributed by atoms with Crippen LogP contribution in [0.2, 0.25) is 0 Å². The number of carboxylic acid groups (broad SMARTS) is 1. The fourth-order valence-corrected chi connectivity index (χ4v) is 10.7. The largest absolute Gasteiger partial charge is 0.481 e. The quantitative estimate of drug-likeness (QED) is 0.490. The van der Waals surface area contributed by atoms with Gasteiger partial charge in [-0.15, -0.1) is 0 Å². The number of carbonyl (C=O) groups is 1. The summed E-state index contributed by atoms with van der Waals surface area (Å²) in [7, 11) is 0. The highest BCUT2D eigenvalue weighted by atomic mass is 16.4. The molecule has 0 aromatic rings. The molecule has 0 bridgehead atoms. The van der Waals surface area contributed by atoms with Crippen molar-refractivity contribution in [3.63, 3.8) is 0 Å². The molecule has 11 atom stereocenters. The van der Waals surface area contributed by atoms with Crippen LogP contribution in [-0.2, 0) is 4.79 Å². The minimum atomic E-state index is -0.688. The van der Waals surface area contributed by atoms with Gasteiger partial charge in [-0.3, -0.25) is 4.79 Å². The van der Waals surface area contributed by atoms with Gasteiger partial charge in [0.15, 0.2) is 0 Å². The molecule has 4 saturated carbocycles. The van der Waals surface area contributed by atoms with Gasteiger partial charge in [-0.25, -0.2) is 0 Å². The number of rotatable bonds is 5. The number of hydrogen-bond acceptors (Lipinski definition) is 3. The van der Waals surface area contributed by atoms with Gasteiger partial charge in [-0.05, 0) is 97.2 Å². The molecule has 4 heteroatoms. The molecule has 0 radical (unpaired) electrons. The topological polar surface area (TPSA) is 77.8 Å². The third kappa shape index (κ3) is 3.10. The Labute approximate surface area is 195 Å². The summed E-state index contributed by atoms with van der Waals surface area (Å²) in [4.78, 5) is 11.2. The van der Waals surface area contributed by atoms with Crippen LogP contribution < -0.4 is 0 Å². The smallest absolute Gasteiger partial charge is 0.303 e. The van der Waals surface area contributed by atoms with E-state index in [2.05, 4.69) is 41.5 Å². The Hall–Kier alpha value is -0.610. The van der Waals surface area contributed by atoms with Crippen molar-refractivity contribution in [2.45, 2.75) is 118 Å². The van der Waals surface area contributed by atoms with E-state index < -0.39 is 5.97 Å². The van der Waals surface area contributed by atoms with E-state index in [1.165, 1.54) is 12.8 Å². The van der Waals surface area contributed by atoms with E-state index in [1.807, 2.05) is 0 Å². The molecule has 0 aliphatic heterocycles. The van der Waals surface area contributed by atoms with Crippen molar-refractivity contribution in [3.05, 3.63) is 0 Å². The van der Waals surface area contributed by atoms with Crippen LogP contribution in [0.25, 0.3) is 0 Å². The molecule has 4 nitrogen and oxygen atoms in total. The number of fused-ring (bicyclic) bond motifs is 5. The minimum absolute atomic E-state index is 0.0243. The average molecular weight is 449 g/mol. The van der Waals surface area contributed by atoms with Gasteiger partial charge in [0.25, 0.3) is 0 Å². The lowest BCUT2D eigenvalue weighted by molar-refractivity contribution is -0.282. The molecule has 0 saturated heterocycles. The molecule has 4 rings (SSSR count). The van der Waals surface area contributed by atoms with Gasteiger partial charge in [0.05, 0.1) is 12.2 Å². The Bertz CT molecular complexity index is 737. The summed E-state index contributed by atoms with van der Waals surface area (Å²) in [5.41, 5.74) is 0.199. The van der Waals surface area contributed by atoms with E-state index in [9.17, 15) is 20.1 Å². The van der Waals surface area contributed by atoms with Crippen LogP contribution in [0.15, 0.2) is 0 Å². The van der Waals surface area contributed by atoms with Crippen LogP contribution in [0.4, 0.5) is 0 Å². The molecular weight excluding hydrogens is 400 g/mol. The third-order valence-electron chi connectivity index (χ3n) is 12.4. The van der Waals surface area contributed by atoms with E-state index in [1.54, 1.807) is 0 Å². The normalized spacial score (nSPS) is 53.8. The van der Waals surface area contributed by atoms with Crippen LogP contribution in [0.5, 0.6) is 0 Å². The predicted octanol–water partition coefficient (Wildman–Crippen LogP) is 5.89. The van der Waals surface area contributed by atoms with Gasteiger partial charge >= 0.3 is 5.97 Å². The summed E-state index contributed by atoms with van der Waals surface area (Å²) >= 11 is 0. The van der Waals surface area contributed by atoms with E-state index in [0.717, 1.165) is 44.9 Å². The number of carboxylic acids is 1. The number of aliphatic hydroxyl groups is 2. The Morgan fingerprint density at radius 1 is 0.969 bits per heavy atom. The van der Waals surface area contributed by atoms with Crippen LogP contribution in [0.3, 0.4) is 0 Å². The Balaban J connectivity index is 1.71. The SMILES string of the molecule is CC[C@@H]1[C@@H](O)[C@@]2(C)C3CCC([C@H](C)CCC(=O)O)[C@@]3(C)CCC2[C@@]2(C)CC[C@@H](O)C[C@@]12C. The lowest BCUT2D eigenvalue weighted by atomic mass is 9.32. The Kier molecular flexibility index (Phi) is 6.11. The summed E-state index contributed by atoms with van der Waals surface area (Å²) in [6.07, 6.45) is 8.86. The highest BCUT2D eigenvalue weighted by Gasteiger charge is 2.72. The second kappa shape index (κ2) is 7.97. The van der Waals surface area contributed by atoms with Gasteiger partial charge < -0.3 is 15.3 Å². The first-order chi connectivity index (χ1) is 14.9. The minimum Gasteiger partial charge on any atom is -0.481 e. The molecule has 4 fully saturated rings. The van der Waals surface area contributed by atoms with E-state index in [4.69, 9.17) is 0 Å². The van der Waals surface area contributed by atoms with Crippen molar-refractivity contribution in [3.8, 4) is 0 Å². The van der Waals surface area contributed by atoms with Crippen molar-refractivity contribution in [1.82, 2.24) is 0 Å². The van der Waals surface area contributed by atoms with Crippen LogP contribution >= 0.6 is 0 Å². The fraction of sp³-hybridized carbons (Fsp3) is 0.964. The summed E-state index contributed by atoms with van der Waals surface area (Å²) in [6, 6.07) is 0. The molecule has 0 aromatic carbocycles. The Morgan fingerprint density at radius 3 is 2.28 bits per heavy atom. The van der Waals surface area contributed by atoms with Crippen LogP contribution in [-0.4, -0.2) is 33.5 Å². The van der Waals surface area contributed by atoms with Crippen molar-refractivity contribution in [1.29, 1.82) is 0 Å². The molecule has 3 N–H and O–H groups in total. The predicted molar refractivity (Wildman–Crippen MR) is 127 cm³/mol. The van der Waals surface area contributed by atoms with Crippen LogP contribution in [0, 0.1) is 51.2 Å².